The first-order valence-electron chi connectivity index (χ1n) is 8.80. The molecule has 1 N–H and O–H groups in total. The fourth-order valence-corrected chi connectivity index (χ4v) is 3.07. The maximum absolute atomic E-state index is 12.6. The van der Waals surface area contributed by atoms with Gasteiger partial charge in [0.1, 0.15) is 5.60 Å². The summed E-state index contributed by atoms with van der Waals surface area (Å²) >= 11 is 0. The minimum absolute atomic E-state index is 0.00609. The van der Waals surface area contributed by atoms with E-state index in [0.29, 0.717) is 6.54 Å². The summed E-state index contributed by atoms with van der Waals surface area (Å²) < 4.78 is 5.58. The molecule has 4 nitrogen and oxygen atoms in total. The van der Waals surface area contributed by atoms with Crippen LogP contribution >= 0.6 is 0 Å². The molecule has 0 radical (unpaired) electrons. The van der Waals surface area contributed by atoms with Crippen molar-refractivity contribution in [1.29, 1.82) is 0 Å². The van der Waals surface area contributed by atoms with E-state index in [-0.39, 0.29) is 12.1 Å². The Morgan fingerprint density at radius 3 is 2.32 bits per heavy atom. The first-order chi connectivity index (χ1) is 11.9. The Hall–Kier alpha value is -2.33. The van der Waals surface area contributed by atoms with Gasteiger partial charge in [-0.3, -0.25) is 4.90 Å². The van der Waals surface area contributed by atoms with E-state index in [2.05, 4.69) is 41.7 Å². The van der Waals surface area contributed by atoms with Gasteiger partial charge in [0.25, 0.3) is 0 Å². The topological polar surface area (TPSA) is 41.6 Å². The van der Waals surface area contributed by atoms with Crippen molar-refractivity contribution in [2.45, 2.75) is 32.4 Å². The summed E-state index contributed by atoms with van der Waals surface area (Å²) in [5, 5.41) is 3.38. The van der Waals surface area contributed by atoms with Crippen LogP contribution < -0.4 is 5.32 Å². The lowest BCUT2D eigenvalue weighted by Crippen LogP contribution is -2.50. The van der Waals surface area contributed by atoms with Gasteiger partial charge in [-0.05, 0) is 37.5 Å². The van der Waals surface area contributed by atoms with E-state index in [9.17, 15) is 4.79 Å². The van der Waals surface area contributed by atoms with Crippen molar-refractivity contribution >= 4 is 6.09 Å². The van der Waals surface area contributed by atoms with Crippen molar-refractivity contribution in [3.05, 3.63) is 60.2 Å². The molecule has 1 heterocycles. The molecule has 1 saturated heterocycles. The molecule has 1 aliphatic rings. The quantitative estimate of drug-likeness (QED) is 0.891. The van der Waals surface area contributed by atoms with Crippen LogP contribution in [-0.4, -0.2) is 36.2 Å². The van der Waals surface area contributed by atoms with Crippen LogP contribution in [0.3, 0.4) is 0 Å². The maximum atomic E-state index is 12.6. The lowest BCUT2D eigenvalue weighted by atomic mass is 9.99. The highest BCUT2D eigenvalue weighted by Crippen LogP contribution is 2.27. The van der Waals surface area contributed by atoms with Crippen molar-refractivity contribution in [3.8, 4) is 11.1 Å². The summed E-state index contributed by atoms with van der Waals surface area (Å²) in [5.74, 6) is 0. The molecule has 1 amide bonds. The lowest BCUT2D eigenvalue weighted by Gasteiger charge is -2.37. The van der Waals surface area contributed by atoms with Gasteiger partial charge in [0.2, 0.25) is 0 Å². The Morgan fingerprint density at radius 1 is 1.04 bits per heavy atom. The molecule has 0 spiro atoms. The molecule has 2 aromatic carbocycles. The van der Waals surface area contributed by atoms with Gasteiger partial charge in [0.15, 0.2) is 0 Å². The predicted molar refractivity (Wildman–Crippen MR) is 100 cm³/mol. The molecule has 0 saturated carbocycles. The largest absolute Gasteiger partial charge is 0.444 e. The van der Waals surface area contributed by atoms with Crippen LogP contribution in [0.15, 0.2) is 54.6 Å². The molecule has 1 aliphatic heterocycles. The highest BCUT2D eigenvalue weighted by molar-refractivity contribution is 5.69. The minimum atomic E-state index is -0.482. The Balaban J connectivity index is 1.79. The summed E-state index contributed by atoms with van der Waals surface area (Å²) in [5.41, 5.74) is 3.01. The third-order valence-electron chi connectivity index (χ3n) is 4.27. The van der Waals surface area contributed by atoms with Gasteiger partial charge < -0.3 is 10.1 Å². The highest BCUT2D eigenvalue weighted by Gasteiger charge is 2.31. The summed E-state index contributed by atoms with van der Waals surface area (Å²) in [6, 6.07) is 18.7. The average Bonchev–Trinajstić information content (AvgIpc) is 2.61. The number of nitrogens with one attached hydrogen (secondary N) is 1. The number of hydrogen-bond donors (Lipinski definition) is 1. The van der Waals surface area contributed by atoms with E-state index in [1.54, 1.807) is 0 Å². The number of nitrogens with zero attached hydrogens (tertiary/aromatic N) is 1. The van der Waals surface area contributed by atoms with Crippen molar-refractivity contribution < 1.29 is 9.53 Å². The molecule has 0 aromatic heterocycles. The molecular formula is C21H26N2O2. The standard InChI is InChI=1S/C21H26N2O2/c1-21(2,3)25-20(24)23-14-13-22-15-19(23)18-11-9-17(10-12-18)16-7-5-4-6-8-16/h4-12,19,22H,13-15H2,1-3H3/t19-/m1/s1. The van der Waals surface area contributed by atoms with E-state index in [1.165, 1.54) is 11.1 Å². The van der Waals surface area contributed by atoms with Crippen LogP contribution in [0.4, 0.5) is 4.79 Å². The second-order valence-electron chi connectivity index (χ2n) is 7.38. The Labute approximate surface area is 149 Å². The van der Waals surface area contributed by atoms with Gasteiger partial charge in [0, 0.05) is 19.6 Å². The van der Waals surface area contributed by atoms with Crippen LogP contribution in [0.1, 0.15) is 32.4 Å². The van der Waals surface area contributed by atoms with E-state index in [4.69, 9.17) is 4.74 Å². The molecule has 1 atom stereocenters. The fraction of sp³-hybridized carbons (Fsp3) is 0.381. The Morgan fingerprint density at radius 2 is 1.68 bits per heavy atom. The van der Waals surface area contributed by atoms with Gasteiger partial charge in [-0.25, -0.2) is 4.79 Å². The van der Waals surface area contributed by atoms with Gasteiger partial charge in [-0.2, -0.15) is 0 Å². The second kappa shape index (κ2) is 7.28. The number of amides is 1. The number of piperazine rings is 1. The molecule has 3 rings (SSSR count). The maximum Gasteiger partial charge on any atom is 0.410 e. The average molecular weight is 338 g/mol. The number of benzene rings is 2. The van der Waals surface area contributed by atoms with E-state index >= 15 is 0 Å². The smallest absolute Gasteiger partial charge is 0.410 e. The Kier molecular flexibility index (Phi) is 5.09. The minimum Gasteiger partial charge on any atom is -0.444 e. The zero-order valence-electron chi connectivity index (χ0n) is 15.2. The lowest BCUT2D eigenvalue weighted by molar-refractivity contribution is 0.0118. The second-order valence-corrected chi connectivity index (χ2v) is 7.38. The summed E-state index contributed by atoms with van der Waals surface area (Å²) in [7, 11) is 0. The van der Waals surface area contributed by atoms with Gasteiger partial charge in [-0.15, -0.1) is 0 Å². The van der Waals surface area contributed by atoms with Crippen LogP contribution in [0.5, 0.6) is 0 Å². The third-order valence-corrected chi connectivity index (χ3v) is 4.27. The zero-order chi connectivity index (χ0) is 17.9. The highest BCUT2D eigenvalue weighted by atomic mass is 16.6. The number of ether oxygens (including phenoxy) is 1. The predicted octanol–water partition coefficient (Wildman–Crippen LogP) is 4.24. The van der Waals surface area contributed by atoms with Crippen molar-refractivity contribution in [2.75, 3.05) is 19.6 Å². The van der Waals surface area contributed by atoms with E-state index < -0.39 is 5.60 Å². The first kappa shape index (κ1) is 17.5. The molecule has 25 heavy (non-hydrogen) atoms. The molecule has 2 aromatic rings. The zero-order valence-corrected chi connectivity index (χ0v) is 15.2. The van der Waals surface area contributed by atoms with Gasteiger partial charge in [0.05, 0.1) is 6.04 Å². The van der Waals surface area contributed by atoms with Crippen molar-refractivity contribution in [1.82, 2.24) is 10.2 Å². The van der Waals surface area contributed by atoms with Crippen molar-refractivity contribution in [2.24, 2.45) is 0 Å². The monoisotopic (exact) mass is 338 g/mol. The number of carbonyl (C=O) groups excluding carboxylic acids is 1. The summed E-state index contributed by atoms with van der Waals surface area (Å²) in [6.45, 7) is 7.88. The van der Waals surface area contributed by atoms with Gasteiger partial charge in [-0.1, -0.05) is 54.6 Å². The molecule has 0 aliphatic carbocycles. The molecule has 0 unspecified atom stereocenters. The van der Waals surface area contributed by atoms with E-state index in [0.717, 1.165) is 18.7 Å². The SMILES string of the molecule is CC(C)(C)OC(=O)N1CCNC[C@@H]1c1ccc(-c2ccccc2)cc1. The number of rotatable bonds is 2. The van der Waals surface area contributed by atoms with Crippen LogP contribution in [0, 0.1) is 0 Å². The molecule has 4 heteroatoms. The van der Waals surface area contributed by atoms with Gasteiger partial charge >= 0.3 is 6.09 Å². The Bertz CT molecular complexity index is 705. The normalized spacial score (nSPS) is 18.0. The molecular weight excluding hydrogens is 312 g/mol. The molecule has 132 valence electrons. The molecule has 1 fully saturated rings. The summed E-state index contributed by atoms with van der Waals surface area (Å²) in [6.07, 6.45) is -0.244. The first-order valence-corrected chi connectivity index (χ1v) is 8.80. The van der Waals surface area contributed by atoms with E-state index in [1.807, 2.05) is 43.9 Å². The van der Waals surface area contributed by atoms with Crippen LogP contribution in [-0.2, 0) is 4.74 Å². The fourth-order valence-electron chi connectivity index (χ4n) is 3.07. The number of hydrogen-bond acceptors (Lipinski definition) is 3. The van der Waals surface area contributed by atoms with Crippen molar-refractivity contribution in [3.63, 3.8) is 0 Å². The van der Waals surface area contributed by atoms with Crippen LogP contribution in [0.25, 0.3) is 11.1 Å². The third kappa shape index (κ3) is 4.40. The number of carbonyl (C=O) groups is 1. The molecule has 0 bridgehead atoms. The van der Waals surface area contributed by atoms with Crippen LogP contribution in [0.2, 0.25) is 0 Å². The summed E-state index contributed by atoms with van der Waals surface area (Å²) in [4.78, 5) is 14.4.